The first-order valence-corrected chi connectivity index (χ1v) is 8.44. The van der Waals surface area contributed by atoms with Crippen molar-refractivity contribution in [1.82, 2.24) is 9.97 Å². The zero-order chi connectivity index (χ0) is 21.7. The Morgan fingerprint density at radius 1 is 0.933 bits per heavy atom. The number of hydrogen-bond acceptors (Lipinski definition) is 9. The van der Waals surface area contributed by atoms with E-state index in [9.17, 15) is 19.7 Å². The van der Waals surface area contributed by atoms with Crippen LogP contribution in [0.3, 0.4) is 0 Å². The molecule has 0 aliphatic carbocycles. The highest BCUT2D eigenvalue weighted by atomic mass is 16.6. The third-order valence-corrected chi connectivity index (χ3v) is 3.97. The van der Waals surface area contributed by atoms with Crippen LogP contribution in [0.5, 0.6) is 0 Å². The van der Waals surface area contributed by atoms with E-state index in [1.165, 1.54) is 43.5 Å². The number of rotatable bonds is 7. The molecular formula is C19H15N5O6. The molecule has 0 bridgehead atoms. The smallest absolute Gasteiger partial charge is 0.353 e. The van der Waals surface area contributed by atoms with Gasteiger partial charge in [-0.3, -0.25) is 10.1 Å². The third-order valence-electron chi connectivity index (χ3n) is 3.97. The molecule has 0 aliphatic rings. The van der Waals surface area contributed by atoms with E-state index in [0.29, 0.717) is 16.9 Å². The number of aromatic nitrogens is 2. The van der Waals surface area contributed by atoms with Crippen molar-refractivity contribution in [2.75, 3.05) is 17.7 Å². The second-order valence-electron chi connectivity index (χ2n) is 5.88. The van der Waals surface area contributed by atoms with Gasteiger partial charge >= 0.3 is 17.6 Å². The first-order chi connectivity index (χ1) is 14.4. The van der Waals surface area contributed by atoms with Crippen LogP contribution in [0.1, 0.15) is 20.7 Å². The average molecular weight is 409 g/mol. The van der Waals surface area contributed by atoms with E-state index in [1.54, 1.807) is 12.1 Å². The fourth-order valence-corrected chi connectivity index (χ4v) is 2.51. The summed E-state index contributed by atoms with van der Waals surface area (Å²) in [6.07, 6.45) is 1.14. The maximum absolute atomic E-state index is 11.7. The summed E-state index contributed by atoms with van der Waals surface area (Å²) < 4.78 is 4.63. The molecule has 152 valence electrons. The number of ether oxygens (including phenoxy) is 1. The SMILES string of the molecule is COC(=O)c1ccc(Nc2ncnc(Nc3ccc(C(=O)O)cc3)c2[N+](=O)[O-])cc1. The molecule has 0 amide bonds. The van der Waals surface area contributed by atoms with E-state index in [4.69, 9.17) is 5.11 Å². The summed E-state index contributed by atoms with van der Waals surface area (Å²) in [4.78, 5) is 41.3. The van der Waals surface area contributed by atoms with Gasteiger partial charge in [-0.15, -0.1) is 0 Å². The van der Waals surface area contributed by atoms with Gasteiger partial charge in [-0.1, -0.05) is 0 Å². The van der Waals surface area contributed by atoms with Crippen molar-refractivity contribution in [3.63, 3.8) is 0 Å². The van der Waals surface area contributed by atoms with Crippen LogP contribution in [-0.2, 0) is 4.74 Å². The van der Waals surface area contributed by atoms with Crippen molar-refractivity contribution in [1.29, 1.82) is 0 Å². The van der Waals surface area contributed by atoms with Gasteiger partial charge in [0.05, 0.1) is 23.2 Å². The number of aromatic carboxylic acids is 1. The number of carbonyl (C=O) groups is 2. The molecule has 0 saturated carbocycles. The van der Waals surface area contributed by atoms with Crippen LogP contribution in [-0.4, -0.2) is 39.0 Å². The standard InChI is InChI=1S/C19H15N5O6/c1-30-19(27)12-4-8-14(9-5-12)23-17-15(24(28)29)16(20-10-21-17)22-13-6-2-11(3-7-13)18(25)26/h2-10H,1H3,(H,25,26)(H2,20,21,22,23). The predicted octanol–water partition coefficient (Wildman–Crippen LogP) is 3.36. The van der Waals surface area contributed by atoms with E-state index in [1.807, 2.05) is 0 Å². The van der Waals surface area contributed by atoms with Gasteiger partial charge in [-0.05, 0) is 48.5 Å². The number of carboxylic acid groups (broad SMARTS) is 1. The minimum absolute atomic E-state index is 0.0644. The highest BCUT2D eigenvalue weighted by Crippen LogP contribution is 2.33. The number of hydrogen-bond donors (Lipinski definition) is 3. The second kappa shape index (κ2) is 8.65. The Hall–Kier alpha value is -4.54. The number of esters is 1. The van der Waals surface area contributed by atoms with Crippen LogP contribution in [0, 0.1) is 10.1 Å². The van der Waals surface area contributed by atoms with Gasteiger partial charge in [0, 0.05) is 11.4 Å². The summed E-state index contributed by atoms with van der Waals surface area (Å²) in [6, 6.07) is 11.8. The molecule has 30 heavy (non-hydrogen) atoms. The zero-order valence-electron chi connectivity index (χ0n) is 15.5. The molecule has 3 rings (SSSR count). The summed E-state index contributed by atoms with van der Waals surface area (Å²) in [5, 5.41) is 26.2. The van der Waals surface area contributed by atoms with Gasteiger partial charge in [-0.2, -0.15) is 0 Å². The summed E-state index contributed by atoms with van der Waals surface area (Å²) >= 11 is 0. The highest BCUT2D eigenvalue weighted by Gasteiger charge is 2.23. The van der Waals surface area contributed by atoms with Gasteiger partial charge in [0.1, 0.15) is 6.33 Å². The summed E-state index contributed by atoms with van der Waals surface area (Å²) in [5.74, 6) is -1.73. The van der Waals surface area contributed by atoms with E-state index < -0.39 is 22.5 Å². The van der Waals surface area contributed by atoms with Crippen LogP contribution in [0.15, 0.2) is 54.9 Å². The summed E-state index contributed by atoms with van der Waals surface area (Å²) in [6.45, 7) is 0. The van der Waals surface area contributed by atoms with E-state index >= 15 is 0 Å². The fourth-order valence-electron chi connectivity index (χ4n) is 2.51. The van der Waals surface area contributed by atoms with Crippen molar-refractivity contribution in [2.45, 2.75) is 0 Å². The molecule has 0 spiro atoms. The van der Waals surface area contributed by atoms with E-state index in [2.05, 4.69) is 25.3 Å². The first kappa shape index (κ1) is 20.2. The van der Waals surface area contributed by atoms with Crippen molar-refractivity contribution >= 4 is 40.6 Å². The number of benzene rings is 2. The largest absolute Gasteiger partial charge is 0.478 e. The number of nitrogens with zero attached hydrogens (tertiary/aromatic N) is 3. The Morgan fingerprint density at radius 3 is 1.80 bits per heavy atom. The number of methoxy groups -OCH3 is 1. The topological polar surface area (TPSA) is 157 Å². The Bertz CT molecular complexity index is 1100. The lowest BCUT2D eigenvalue weighted by Crippen LogP contribution is -2.06. The molecule has 0 fully saturated rings. The number of anilines is 4. The Labute approximate surface area is 169 Å². The normalized spacial score (nSPS) is 10.2. The van der Waals surface area contributed by atoms with Gasteiger partial charge in [0.2, 0.25) is 11.6 Å². The molecule has 2 aromatic carbocycles. The van der Waals surface area contributed by atoms with Crippen LogP contribution in [0.2, 0.25) is 0 Å². The molecule has 0 unspecified atom stereocenters. The Balaban J connectivity index is 1.88. The lowest BCUT2D eigenvalue weighted by atomic mass is 10.2. The quantitative estimate of drug-likeness (QED) is 0.300. The molecular weight excluding hydrogens is 394 g/mol. The highest BCUT2D eigenvalue weighted by molar-refractivity contribution is 5.90. The maximum atomic E-state index is 11.7. The minimum atomic E-state index is -1.08. The van der Waals surface area contributed by atoms with Gasteiger partial charge in [0.25, 0.3) is 0 Å². The van der Waals surface area contributed by atoms with Crippen molar-refractivity contribution in [2.24, 2.45) is 0 Å². The molecule has 3 N–H and O–H groups in total. The average Bonchev–Trinajstić information content (AvgIpc) is 2.74. The van der Waals surface area contributed by atoms with Crippen molar-refractivity contribution < 1.29 is 24.4 Å². The van der Waals surface area contributed by atoms with E-state index in [0.717, 1.165) is 6.33 Å². The van der Waals surface area contributed by atoms with Crippen LogP contribution in [0.4, 0.5) is 28.7 Å². The van der Waals surface area contributed by atoms with Crippen LogP contribution < -0.4 is 10.6 Å². The monoisotopic (exact) mass is 409 g/mol. The number of nitrogens with one attached hydrogen (secondary N) is 2. The van der Waals surface area contributed by atoms with Crippen LogP contribution >= 0.6 is 0 Å². The lowest BCUT2D eigenvalue weighted by molar-refractivity contribution is -0.383. The van der Waals surface area contributed by atoms with Crippen LogP contribution in [0.25, 0.3) is 0 Å². The summed E-state index contributed by atoms with van der Waals surface area (Å²) in [7, 11) is 1.27. The number of nitro groups is 1. The minimum Gasteiger partial charge on any atom is -0.478 e. The second-order valence-corrected chi connectivity index (χ2v) is 5.88. The van der Waals surface area contributed by atoms with Gasteiger partial charge in [-0.25, -0.2) is 19.6 Å². The van der Waals surface area contributed by atoms with E-state index in [-0.39, 0.29) is 17.2 Å². The third kappa shape index (κ3) is 4.47. The molecule has 1 aromatic heterocycles. The number of carbonyl (C=O) groups excluding carboxylic acids is 1. The Kier molecular flexibility index (Phi) is 5.82. The molecule has 0 atom stereocenters. The molecule has 3 aromatic rings. The zero-order valence-corrected chi connectivity index (χ0v) is 15.5. The maximum Gasteiger partial charge on any atom is 0.353 e. The molecule has 0 saturated heterocycles. The fraction of sp³-hybridized carbons (Fsp3) is 0.0526. The Morgan fingerprint density at radius 2 is 1.40 bits per heavy atom. The number of carboxylic acids is 1. The van der Waals surface area contributed by atoms with Gasteiger partial charge in [0.15, 0.2) is 0 Å². The molecule has 11 nitrogen and oxygen atoms in total. The molecule has 0 aliphatic heterocycles. The molecule has 11 heteroatoms. The van der Waals surface area contributed by atoms with Crippen molar-refractivity contribution in [3.05, 3.63) is 76.1 Å². The predicted molar refractivity (Wildman–Crippen MR) is 106 cm³/mol. The summed E-state index contributed by atoms with van der Waals surface area (Å²) in [5.41, 5.74) is 0.871. The van der Waals surface area contributed by atoms with Gasteiger partial charge < -0.3 is 20.5 Å². The lowest BCUT2D eigenvalue weighted by Gasteiger charge is -2.10. The van der Waals surface area contributed by atoms with Crippen molar-refractivity contribution in [3.8, 4) is 0 Å². The first-order valence-electron chi connectivity index (χ1n) is 8.44. The molecule has 0 radical (unpaired) electrons. The molecule has 1 heterocycles.